The predicted molar refractivity (Wildman–Crippen MR) is 114 cm³/mol. The first-order valence-corrected chi connectivity index (χ1v) is 10.1. The molecule has 0 spiro atoms. The van der Waals surface area contributed by atoms with Crippen molar-refractivity contribution in [2.24, 2.45) is 0 Å². The lowest BCUT2D eigenvalue weighted by Gasteiger charge is -2.10. The lowest BCUT2D eigenvalue weighted by atomic mass is 10.1. The second-order valence-electron chi connectivity index (χ2n) is 6.89. The molecule has 4 rings (SSSR count). The summed E-state index contributed by atoms with van der Waals surface area (Å²) in [6, 6.07) is 4.39. The zero-order valence-electron chi connectivity index (χ0n) is 16.9. The van der Waals surface area contributed by atoms with Crippen LogP contribution in [0.1, 0.15) is 34.1 Å². The molecule has 4 aromatic rings. The molecule has 0 aliphatic rings. The largest absolute Gasteiger partial charge is 0.461 e. The van der Waals surface area contributed by atoms with Gasteiger partial charge >= 0.3 is 5.97 Å². The Morgan fingerprint density at radius 1 is 1.18 bits per heavy atom. The Kier molecular flexibility index (Phi) is 6.30. The van der Waals surface area contributed by atoms with Gasteiger partial charge in [0.05, 0.1) is 17.5 Å². The van der Waals surface area contributed by atoms with Crippen molar-refractivity contribution in [3.63, 3.8) is 0 Å². The van der Waals surface area contributed by atoms with E-state index < -0.39 is 17.7 Å². The smallest absolute Gasteiger partial charge is 0.302 e. The van der Waals surface area contributed by atoms with Crippen LogP contribution in [0.4, 0.5) is 8.78 Å². The maximum atomic E-state index is 14.5. The molecule has 0 bridgehead atoms. The molecule has 0 unspecified atom stereocenters. The molecule has 0 aliphatic heterocycles. The number of hydrogen-bond acceptors (Lipinski definition) is 7. The molecule has 0 N–H and O–H groups in total. The fourth-order valence-corrected chi connectivity index (χ4v) is 3.54. The minimum atomic E-state index is -0.667. The molecule has 0 saturated carbocycles. The maximum Gasteiger partial charge on any atom is 0.302 e. The van der Waals surface area contributed by atoms with Gasteiger partial charge in [0.1, 0.15) is 28.4 Å². The second kappa shape index (κ2) is 9.16. The lowest BCUT2D eigenvalue weighted by molar-refractivity contribution is -0.142. The minimum Gasteiger partial charge on any atom is -0.461 e. The molecular formula is C21H13Cl2F2N5O3. The van der Waals surface area contributed by atoms with Crippen LogP contribution in [0.3, 0.4) is 0 Å². The number of fused-ring (bicyclic) bond motifs is 1. The maximum absolute atomic E-state index is 14.5. The van der Waals surface area contributed by atoms with Gasteiger partial charge in [-0.25, -0.2) is 24.3 Å². The fraction of sp³-hybridized carbons (Fsp3) is 0.143. The predicted octanol–water partition coefficient (Wildman–Crippen LogP) is 4.24. The van der Waals surface area contributed by atoms with Gasteiger partial charge in [0.15, 0.2) is 17.8 Å². The third-order valence-electron chi connectivity index (χ3n) is 4.64. The molecule has 3 aromatic heterocycles. The van der Waals surface area contributed by atoms with Gasteiger partial charge in [-0.15, -0.1) is 0 Å². The number of rotatable bonds is 6. The van der Waals surface area contributed by atoms with Crippen LogP contribution in [0.25, 0.3) is 17.2 Å². The van der Waals surface area contributed by atoms with Gasteiger partial charge in [0.25, 0.3) is 0 Å². The number of ether oxygens (including phenoxy) is 1. The molecule has 0 atom stereocenters. The van der Waals surface area contributed by atoms with Crippen molar-refractivity contribution in [3.8, 4) is 11.5 Å². The van der Waals surface area contributed by atoms with Crippen molar-refractivity contribution in [3.05, 3.63) is 75.0 Å². The van der Waals surface area contributed by atoms with E-state index in [1.54, 1.807) is 6.07 Å². The number of aromatic nitrogens is 5. The summed E-state index contributed by atoms with van der Waals surface area (Å²) in [6.07, 6.45) is 2.84. The van der Waals surface area contributed by atoms with E-state index in [4.69, 9.17) is 27.9 Å². The molecule has 33 heavy (non-hydrogen) atoms. The molecule has 0 aliphatic carbocycles. The Hall–Kier alpha value is -3.50. The minimum absolute atomic E-state index is 0.0326. The van der Waals surface area contributed by atoms with Crippen molar-refractivity contribution in [2.75, 3.05) is 0 Å². The van der Waals surface area contributed by atoms with E-state index in [-0.39, 0.29) is 51.6 Å². The van der Waals surface area contributed by atoms with Gasteiger partial charge in [0.2, 0.25) is 5.95 Å². The van der Waals surface area contributed by atoms with E-state index in [0.717, 1.165) is 10.6 Å². The standard InChI is InChI=1S/C21H13Cl2F2N5O3/c1-10(32)33-9-12-3-2-11(4-14(12)24)5-15-21-26-6-17(25)30(21)7-16(27-15)20-28-18(22)13(8-31)19(23)29-20/h2-4,6-8H,5,9H2,1H3. The quantitative estimate of drug-likeness (QED) is 0.226. The van der Waals surface area contributed by atoms with Crippen molar-refractivity contribution in [2.45, 2.75) is 20.0 Å². The highest BCUT2D eigenvalue weighted by Crippen LogP contribution is 2.25. The van der Waals surface area contributed by atoms with Crippen molar-refractivity contribution >= 4 is 41.1 Å². The Labute approximate surface area is 195 Å². The van der Waals surface area contributed by atoms with E-state index in [1.807, 2.05) is 0 Å². The highest BCUT2D eigenvalue weighted by molar-refractivity contribution is 6.37. The third-order valence-corrected chi connectivity index (χ3v) is 5.21. The van der Waals surface area contributed by atoms with E-state index in [1.165, 1.54) is 25.3 Å². The number of carbonyl (C=O) groups excluding carboxylic acids is 2. The Balaban J connectivity index is 1.75. The molecular weight excluding hydrogens is 479 g/mol. The zero-order chi connectivity index (χ0) is 23.7. The number of halogens is 4. The summed E-state index contributed by atoms with van der Waals surface area (Å²) >= 11 is 12.0. The van der Waals surface area contributed by atoms with E-state index in [0.29, 0.717) is 17.5 Å². The van der Waals surface area contributed by atoms with Crippen LogP contribution in [0, 0.1) is 11.8 Å². The number of nitrogens with zero attached hydrogens (tertiary/aromatic N) is 5. The summed E-state index contributed by atoms with van der Waals surface area (Å²) in [6.45, 7) is 1.04. The number of aldehydes is 1. The average Bonchev–Trinajstić information content (AvgIpc) is 3.14. The Morgan fingerprint density at radius 3 is 2.55 bits per heavy atom. The van der Waals surface area contributed by atoms with Gasteiger partial charge < -0.3 is 4.74 Å². The molecule has 3 heterocycles. The number of benzene rings is 1. The number of hydrogen-bond donors (Lipinski definition) is 0. The molecule has 0 saturated heterocycles. The summed E-state index contributed by atoms with van der Waals surface area (Å²) in [5, 5.41) is -0.361. The van der Waals surface area contributed by atoms with Crippen LogP contribution >= 0.6 is 23.2 Å². The number of imidazole rings is 1. The first-order valence-electron chi connectivity index (χ1n) is 9.38. The normalized spacial score (nSPS) is 11.1. The molecule has 12 heteroatoms. The topological polar surface area (TPSA) is 99.3 Å². The Morgan fingerprint density at radius 2 is 1.91 bits per heavy atom. The number of carbonyl (C=O) groups is 2. The Bertz CT molecular complexity index is 1390. The third kappa shape index (κ3) is 4.67. The second-order valence-corrected chi connectivity index (χ2v) is 7.61. The first-order chi connectivity index (χ1) is 15.8. The summed E-state index contributed by atoms with van der Waals surface area (Å²) in [5.41, 5.74) is 1.27. The molecule has 0 amide bonds. The summed E-state index contributed by atoms with van der Waals surface area (Å²) in [7, 11) is 0. The van der Waals surface area contributed by atoms with Crippen molar-refractivity contribution in [1.29, 1.82) is 0 Å². The molecule has 168 valence electrons. The van der Waals surface area contributed by atoms with E-state index in [2.05, 4.69) is 19.9 Å². The zero-order valence-corrected chi connectivity index (χ0v) is 18.4. The molecule has 0 radical (unpaired) electrons. The van der Waals surface area contributed by atoms with Crippen LogP contribution in [-0.4, -0.2) is 36.6 Å². The van der Waals surface area contributed by atoms with Crippen LogP contribution in [0.15, 0.2) is 30.6 Å². The van der Waals surface area contributed by atoms with Crippen LogP contribution in [-0.2, 0) is 22.6 Å². The van der Waals surface area contributed by atoms with Crippen molar-refractivity contribution in [1.82, 2.24) is 24.3 Å². The van der Waals surface area contributed by atoms with Gasteiger partial charge in [-0.1, -0.05) is 35.3 Å². The first kappa shape index (κ1) is 22.7. The van der Waals surface area contributed by atoms with Gasteiger partial charge in [-0.3, -0.25) is 14.0 Å². The van der Waals surface area contributed by atoms with E-state index >= 15 is 0 Å². The summed E-state index contributed by atoms with van der Waals surface area (Å²) < 4.78 is 34.8. The SMILES string of the molecule is CC(=O)OCc1ccc(Cc2nc(-c3nc(Cl)c(C=O)c(Cl)n3)cn3c(F)cnc23)cc1F. The highest BCUT2D eigenvalue weighted by Gasteiger charge is 2.18. The van der Waals surface area contributed by atoms with Crippen LogP contribution in [0.5, 0.6) is 0 Å². The van der Waals surface area contributed by atoms with Crippen LogP contribution < -0.4 is 0 Å². The fourth-order valence-electron chi connectivity index (χ4n) is 3.07. The molecule has 1 aromatic carbocycles. The van der Waals surface area contributed by atoms with E-state index in [9.17, 15) is 18.4 Å². The van der Waals surface area contributed by atoms with Gasteiger partial charge in [0, 0.05) is 25.1 Å². The van der Waals surface area contributed by atoms with Gasteiger partial charge in [-0.2, -0.15) is 4.39 Å². The molecule has 8 nitrogen and oxygen atoms in total. The molecule has 0 fully saturated rings. The van der Waals surface area contributed by atoms with Gasteiger partial charge in [-0.05, 0) is 11.6 Å². The summed E-state index contributed by atoms with van der Waals surface area (Å²) in [4.78, 5) is 38.6. The highest BCUT2D eigenvalue weighted by atomic mass is 35.5. The lowest BCUT2D eigenvalue weighted by Crippen LogP contribution is -2.05. The number of esters is 1. The summed E-state index contributed by atoms with van der Waals surface area (Å²) in [5.74, 6) is -1.79. The average molecular weight is 492 g/mol. The van der Waals surface area contributed by atoms with Crippen molar-refractivity contribution < 1.29 is 23.1 Å². The van der Waals surface area contributed by atoms with Crippen LogP contribution in [0.2, 0.25) is 10.3 Å². The monoisotopic (exact) mass is 491 g/mol.